The van der Waals surface area contributed by atoms with Crippen molar-refractivity contribution in [2.24, 2.45) is 0 Å². The Labute approximate surface area is 143 Å². The largest absolute Gasteiger partial charge is 0.379 e. The number of nitrogens with zero attached hydrogens (tertiary/aromatic N) is 1. The molecule has 1 saturated heterocycles. The number of rotatable bonds is 7. The molecule has 1 aliphatic heterocycles. The van der Waals surface area contributed by atoms with E-state index in [-0.39, 0.29) is 5.78 Å². The molecule has 1 fully saturated rings. The third-order valence-corrected chi connectivity index (χ3v) is 4.19. The van der Waals surface area contributed by atoms with Gasteiger partial charge in [0.25, 0.3) is 0 Å². The van der Waals surface area contributed by atoms with E-state index < -0.39 is 6.10 Å². The van der Waals surface area contributed by atoms with E-state index in [1.165, 1.54) is 0 Å². The fourth-order valence-corrected chi connectivity index (χ4v) is 2.83. The maximum Gasteiger partial charge on any atom is 0.196 e. The summed E-state index contributed by atoms with van der Waals surface area (Å²) in [5, 5.41) is 0. The summed E-state index contributed by atoms with van der Waals surface area (Å²) >= 11 is 0. The summed E-state index contributed by atoms with van der Waals surface area (Å²) in [6, 6.07) is 19.0. The smallest absolute Gasteiger partial charge is 0.196 e. The zero-order valence-electron chi connectivity index (χ0n) is 13.8. The first-order valence-corrected chi connectivity index (χ1v) is 8.40. The fourth-order valence-electron chi connectivity index (χ4n) is 2.83. The van der Waals surface area contributed by atoms with Gasteiger partial charge in [0.15, 0.2) is 5.78 Å². The number of carbonyl (C=O) groups is 1. The summed E-state index contributed by atoms with van der Waals surface area (Å²) in [5.74, 6) is 0.00350. The van der Waals surface area contributed by atoms with Crippen molar-refractivity contribution in [2.75, 3.05) is 39.5 Å². The van der Waals surface area contributed by atoms with Crippen LogP contribution < -0.4 is 0 Å². The van der Waals surface area contributed by atoms with Crippen LogP contribution in [0.25, 0.3) is 0 Å². The zero-order chi connectivity index (χ0) is 16.6. The third-order valence-electron chi connectivity index (χ3n) is 4.19. The van der Waals surface area contributed by atoms with Crippen molar-refractivity contribution in [2.45, 2.75) is 6.10 Å². The van der Waals surface area contributed by atoms with Gasteiger partial charge in [-0.15, -0.1) is 0 Å². The Hall–Kier alpha value is -2.01. The van der Waals surface area contributed by atoms with E-state index in [2.05, 4.69) is 4.90 Å². The maximum absolute atomic E-state index is 12.9. The zero-order valence-corrected chi connectivity index (χ0v) is 13.8. The second-order valence-electron chi connectivity index (χ2n) is 5.85. The Morgan fingerprint density at radius 3 is 2.29 bits per heavy atom. The Morgan fingerprint density at radius 1 is 1.00 bits per heavy atom. The van der Waals surface area contributed by atoms with E-state index >= 15 is 0 Å². The SMILES string of the molecule is O=C(c1ccccc1)C(OCCN1CCOCC1)c1ccccc1. The molecule has 2 aromatic carbocycles. The van der Waals surface area contributed by atoms with Crippen LogP contribution in [0.2, 0.25) is 0 Å². The second-order valence-corrected chi connectivity index (χ2v) is 5.85. The molecule has 1 unspecified atom stereocenters. The summed E-state index contributed by atoms with van der Waals surface area (Å²) < 4.78 is 11.4. The Balaban J connectivity index is 1.67. The van der Waals surface area contributed by atoms with Gasteiger partial charge < -0.3 is 9.47 Å². The van der Waals surface area contributed by atoms with E-state index in [0.29, 0.717) is 12.2 Å². The van der Waals surface area contributed by atoms with Gasteiger partial charge in [-0.1, -0.05) is 60.7 Å². The van der Waals surface area contributed by atoms with Crippen LogP contribution in [0, 0.1) is 0 Å². The second kappa shape index (κ2) is 8.73. The number of carbonyl (C=O) groups excluding carboxylic acids is 1. The number of ether oxygens (including phenoxy) is 2. The van der Waals surface area contributed by atoms with Gasteiger partial charge in [0, 0.05) is 25.2 Å². The van der Waals surface area contributed by atoms with Crippen LogP contribution in [-0.2, 0) is 9.47 Å². The van der Waals surface area contributed by atoms with E-state index in [9.17, 15) is 4.79 Å². The lowest BCUT2D eigenvalue weighted by atomic mass is 10.00. The predicted octanol–water partition coefficient (Wildman–Crippen LogP) is 2.96. The van der Waals surface area contributed by atoms with Crippen molar-refractivity contribution in [1.29, 1.82) is 0 Å². The molecule has 0 bridgehead atoms. The summed E-state index contributed by atoms with van der Waals surface area (Å²) in [4.78, 5) is 15.2. The molecule has 1 aliphatic rings. The highest BCUT2D eigenvalue weighted by Gasteiger charge is 2.23. The molecular weight excluding hydrogens is 302 g/mol. The lowest BCUT2D eigenvalue weighted by Gasteiger charge is -2.27. The van der Waals surface area contributed by atoms with E-state index in [0.717, 1.165) is 38.4 Å². The molecule has 4 nitrogen and oxygen atoms in total. The molecule has 3 rings (SSSR count). The molecule has 1 atom stereocenters. The Morgan fingerprint density at radius 2 is 1.62 bits per heavy atom. The van der Waals surface area contributed by atoms with E-state index in [1.807, 2.05) is 60.7 Å². The number of hydrogen-bond acceptors (Lipinski definition) is 4. The highest BCUT2D eigenvalue weighted by atomic mass is 16.5. The van der Waals surface area contributed by atoms with Gasteiger partial charge >= 0.3 is 0 Å². The first-order chi connectivity index (χ1) is 11.8. The highest BCUT2D eigenvalue weighted by Crippen LogP contribution is 2.22. The molecule has 0 radical (unpaired) electrons. The molecule has 1 heterocycles. The van der Waals surface area contributed by atoms with Gasteiger partial charge in [-0.2, -0.15) is 0 Å². The minimum atomic E-state index is -0.561. The Kier molecular flexibility index (Phi) is 6.13. The standard InChI is InChI=1S/C20H23NO3/c22-19(17-7-3-1-4-8-17)20(18-9-5-2-6-10-18)24-16-13-21-11-14-23-15-12-21/h1-10,20H,11-16H2. The summed E-state index contributed by atoms with van der Waals surface area (Å²) in [7, 11) is 0. The van der Waals surface area contributed by atoms with Crippen molar-refractivity contribution in [3.8, 4) is 0 Å². The quantitative estimate of drug-likeness (QED) is 0.734. The van der Waals surface area contributed by atoms with Crippen molar-refractivity contribution >= 4 is 5.78 Å². The minimum Gasteiger partial charge on any atom is -0.379 e. The lowest BCUT2D eigenvalue weighted by Crippen LogP contribution is -2.38. The normalized spacial score (nSPS) is 16.7. The van der Waals surface area contributed by atoms with Gasteiger partial charge in [0.2, 0.25) is 0 Å². The summed E-state index contributed by atoms with van der Waals surface area (Å²) in [6.07, 6.45) is -0.561. The van der Waals surface area contributed by atoms with E-state index in [4.69, 9.17) is 9.47 Å². The molecular formula is C20H23NO3. The number of Topliss-reactive ketones (excluding diaryl/α,β-unsaturated/α-hetero) is 1. The molecule has 126 valence electrons. The average Bonchev–Trinajstić information content (AvgIpc) is 2.67. The molecule has 2 aromatic rings. The maximum atomic E-state index is 12.9. The Bertz CT molecular complexity index is 624. The van der Waals surface area contributed by atoms with Gasteiger partial charge in [-0.25, -0.2) is 0 Å². The van der Waals surface area contributed by atoms with E-state index in [1.54, 1.807) is 0 Å². The summed E-state index contributed by atoms with van der Waals surface area (Å²) in [5.41, 5.74) is 1.58. The van der Waals surface area contributed by atoms with Crippen molar-refractivity contribution in [1.82, 2.24) is 4.90 Å². The topological polar surface area (TPSA) is 38.8 Å². The van der Waals surface area contributed by atoms with Gasteiger partial charge in [0.1, 0.15) is 6.10 Å². The molecule has 0 aliphatic carbocycles. The van der Waals surface area contributed by atoms with Gasteiger partial charge in [-0.3, -0.25) is 9.69 Å². The lowest BCUT2D eigenvalue weighted by molar-refractivity contribution is 0.00396. The molecule has 0 amide bonds. The molecule has 0 aromatic heterocycles. The molecule has 0 spiro atoms. The monoisotopic (exact) mass is 325 g/mol. The van der Waals surface area contributed by atoms with Gasteiger partial charge in [0.05, 0.1) is 19.8 Å². The number of morpholine rings is 1. The summed E-state index contributed by atoms with van der Waals surface area (Å²) in [6.45, 7) is 4.72. The number of benzene rings is 2. The average molecular weight is 325 g/mol. The molecule has 4 heteroatoms. The minimum absolute atomic E-state index is 0.00350. The molecule has 24 heavy (non-hydrogen) atoms. The first-order valence-electron chi connectivity index (χ1n) is 8.40. The van der Waals surface area contributed by atoms with Crippen molar-refractivity contribution in [3.63, 3.8) is 0 Å². The first kappa shape index (κ1) is 16.8. The number of ketones is 1. The van der Waals surface area contributed by atoms with Crippen LogP contribution in [-0.4, -0.2) is 50.1 Å². The van der Waals surface area contributed by atoms with Crippen LogP contribution in [0.1, 0.15) is 22.0 Å². The van der Waals surface area contributed by atoms with Crippen LogP contribution in [0.15, 0.2) is 60.7 Å². The van der Waals surface area contributed by atoms with Crippen LogP contribution >= 0.6 is 0 Å². The highest BCUT2D eigenvalue weighted by molar-refractivity contribution is 6.00. The number of hydrogen-bond donors (Lipinski definition) is 0. The van der Waals surface area contributed by atoms with Gasteiger partial charge in [-0.05, 0) is 5.56 Å². The van der Waals surface area contributed by atoms with Crippen LogP contribution in [0.4, 0.5) is 0 Å². The fraction of sp³-hybridized carbons (Fsp3) is 0.350. The molecule has 0 N–H and O–H groups in total. The van der Waals surface area contributed by atoms with Crippen molar-refractivity contribution < 1.29 is 14.3 Å². The van der Waals surface area contributed by atoms with Crippen molar-refractivity contribution in [3.05, 3.63) is 71.8 Å². The molecule has 0 saturated carbocycles. The van der Waals surface area contributed by atoms with Crippen LogP contribution in [0.3, 0.4) is 0 Å². The predicted molar refractivity (Wildman–Crippen MR) is 93.2 cm³/mol. The third kappa shape index (κ3) is 4.51. The van der Waals surface area contributed by atoms with Crippen LogP contribution in [0.5, 0.6) is 0 Å².